The van der Waals surface area contributed by atoms with Gasteiger partial charge in [-0.3, -0.25) is 4.79 Å². The van der Waals surface area contributed by atoms with Crippen LogP contribution in [-0.4, -0.2) is 25.2 Å². The molecule has 1 N–H and O–H groups in total. The second-order valence-corrected chi connectivity index (χ2v) is 3.87. The second-order valence-electron chi connectivity index (χ2n) is 3.87. The number of carbonyl (C=O) groups excluding carboxylic acids is 1. The monoisotopic (exact) mass is 205 g/mol. The van der Waals surface area contributed by atoms with Gasteiger partial charge in [0.2, 0.25) is 5.91 Å². The molecule has 1 unspecified atom stereocenters. The molecule has 1 aromatic carbocycles. The van der Waals surface area contributed by atoms with Gasteiger partial charge in [-0.15, -0.1) is 0 Å². The van der Waals surface area contributed by atoms with Crippen molar-refractivity contribution in [2.45, 2.75) is 19.4 Å². The van der Waals surface area contributed by atoms with E-state index in [2.05, 4.69) is 24.4 Å². The second kappa shape index (κ2) is 4.45. The van der Waals surface area contributed by atoms with Gasteiger partial charge in [-0.05, 0) is 18.1 Å². The quantitative estimate of drug-likeness (QED) is 0.783. The summed E-state index contributed by atoms with van der Waals surface area (Å²) in [6.45, 7) is 2.90. The molecule has 3 nitrogen and oxygen atoms in total. The molecular weight excluding hydrogens is 190 g/mol. The largest absolute Gasteiger partial charge is 0.366 e. The van der Waals surface area contributed by atoms with Crippen molar-refractivity contribution in [2.75, 3.05) is 13.2 Å². The molecule has 0 aliphatic carbocycles. The lowest BCUT2D eigenvalue weighted by atomic mass is 10.0. The maximum atomic E-state index is 10.9. The highest BCUT2D eigenvalue weighted by molar-refractivity contribution is 5.77. The lowest BCUT2D eigenvalue weighted by molar-refractivity contribution is -0.133. The first-order chi connectivity index (χ1) is 7.25. The lowest BCUT2D eigenvalue weighted by Gasteiger charge is -2.23. The summed E-state index contributed by atoms with van der Waals surface area (Å²) in [5.41, 5.74) is 2.57. The molecule has 1 atom stereocenters. The van der Waals surface area contributed by atoms with Crippen molar-refractivity contribution >= 4 is 5.91 Å². The average Bonchev–Trinajstić information content (AvgIpc) is 2.25. The van der Waals surface area contributed by atoms with E-state index >= 15 is 0 Å². The first-order valence-corrected chi connectivity index (χ1v) is 5.18. The smallest absolute Gasteiger partial charge is 0.246 e. The van der Waals surface area contributed by atoms with Crippen LogP contribution in [0.3, 0.4) is 0 Å². The Morgan fingerprint density at radius 2 is 2.27 bits per heavy atom. The van der Waals surface area contributed by atoms with E-state index in [9.17, 15) is 4.79 Å². The Kier molecular flexibility index (Phi) is 3.02. The van der Waals surface area contributed by atoms with Crippen molar-refractivity contribution in [1.29, 1.82) is 0 Å². The summed E-state index contributed by atoms with van der Waals surface area (Å²) in [4.78, 5) is 10.9. The first kappa shape index (κ1) is 10.2. The van der Waals surface area contributed by atoms with Gasteiger partial charge in [0, 0.05) is 13.0 Å². The topological polar surface area (TPSA) is 38.3 Å². The standard InChI is InChI=1S/C12H15NO2/c1-9-4-2-3-5-10(9)6-11-7-13-12(14)8-15-11/h2-5,11H,6-8H2,1H3,(H,13,14). The van der Waals surface area contributed by atoms with Crippen molar-refractivity contribution < 1.29 is 9.53 Å². The molecule has 0 spiro atoms. The Balaban J connectivity index is 1.97. The van der Waals surface area contributed by atoms with Gasteiger partial charge in [-0.25, -0.2) is 0 Å². The van der Waals surface area contributed by atoms with Crippen molar-refractivity contribution in [1.82, 2.24) is 5.32 Å². The van der Waals surface area contributed by atoms with Crippen molar-refractivity contribution in [3.63, 3.8) is 0 Å². The van der Waals surface area contributed by atoms with Crippen LogP contribution in [0.4, 0.5) is 0 Å². The van der Waals surface area contributed by atoms with Crippen LogP contribution in [0.15, 0.2) is 24.3 Å². The Morgan fingerprint density at radius 3 is 2.93 bits per heavy atom. The predicted octanol–water partition coefficient (Wildman–Crippen LogP) is 1.05. The van der Waals surface area contributed by atoms with Gasteiger partial charge in [0.1, 0.15) is 6.61 Å². The summed E-state index contributed by atoms with van der Waals surface area (Å²) in [5.74, 6) is -0.0176. The number of hydrogen-bond acceptors (Lipinski definition) is 2. The highest BCUT2D eigenvalue weighted by Crippen LogP contribution is 2.12. The van der Waals surface area contributed by atoms with Crippen molar-refractivity contribution in [3.8, 4) is 0 Å². The molecule has 0 aromatic heterocycles. The van der Waals surface area contributed by atoms with E-state index in [1.807, 2.05) is 12.1 Å². The Hall–Kier alpha value is -1.35. The number of amides is 1. The molecule has 1 heterocycles. The zero-order valence-electron chi connectivity index (χ0n) is 8.82. The minimum Gasteiger partial charge on any atom is -0.366 e. The minimum atomic E-state index is -0.0176. The first-order valence-electron chi connectivity index (χ1n) is 5.18. The maximum absolute atomic E-state index is 10.9. The van der Waals surface area contributed by atoms with Gasteiger partial charge >= 0.3 is 0 Å². The Bertz CT molecular complexity index is 352. The van der Waals surface area contributed by atoms with Crippen LogP contribution in [0.5, 0.6) is 0 Å². The Morgan fingerprint density at radius 1 is 1.47 bits per heavy atom. The van der Waals surface area contributed by atoms with Gasteiger partial charge in [-0.1, -0.05) is 24.3 Å². The normalized spacial score (nSPS) is 21.1. The van der Waals surface area contributed by atoms with E-state index in [4.69, 9.17) is 4.74 Å². The minimum absolute atomic E-state index is 0.0176. The number of aryl methyl sites for hydroxylation is 1. The lowest BCUT2D eigenvalue weighted by Crippen LogP contribution is -2.43. The summed E-state index contributed by atoms with van der Waals surface area (Å²) < 4.78 is 5.44. The summed E-state index contributed by atoms with van der Waals surface area (Å²) >= 11 is 0. The van der Waals surface area contributed by atoms with E-state index < -0.39 is 0 Å². The van der Waals surface area contributed by atoms with Gasteiger partial charge in [0.15, 0.2) is 0 Å². The van der Waals surface area contributed by atoms with Crippen LogP contribution in [0, 0.1) is 6.92 Å². The summed E-state index contributed by atoms with van der Waals surface area (Å²) in [6, 6.07) is 8.26. The van der Waals surface area contributed by atoms with Crippen molar-refractivity contribution in [3.05, 3.63) is 35.4 Å². The third kappa shape index (κ3) is 2.57. The van der Waals surface area contributed by atoms with E-state index in [1.54, 1.807) is 0 Å². The Labute approximate surface area is 89.4 Å². The molecule has 1 aromatic rings. The fourth-order valence-corrected chi connectivity index (χ4v) is 1.75. The number of benzene rings is 1. The molecule has 1 amide bonds. The third-order valence-corrected chi connectivity index (χ3v) is 2.69. The molecule has 0 saturated carbocycles. The third-order valence-electron chi connectivity index (χ3n) is 2.69. The van der Waals surface area contributed by atoms with Crippen LogP contribution < -0.4 is 5.32 Å². The zero-order chi connectivity index (χ0) is 10.7. The molecule has 15 heavy (non-hydrogen) atoms. The number of nitrogens with one attached hydrogen (secondary N) is 1. The summed E-state index contributed by atoms with van der Waals surface area (Å²) in [5, 5.41) is 2.81. The van der Waals surface area contributed by atoms with Crippen LogP contribution in [0.1, 0.15) is 11.1 Å². The number of morpholine rings is 1. The van der Waals surface area contributed by atoms with E-state index in [0.717, 1.165) is 6.42 Å². The SMILES string of the molecule is Cc1ccccc1CC1CNC(=O)CO1. The molecule has 3 heteroatoms. The van der Waals surface area contributed by atoms with E-state index in [1.165, 1.54) is 11.1 Å². The summed E-state index contributed by atoms with van der Waals surface area (Å²) in [6.07, 6.45) is 0.983. The van der Waals surface area contributed by atoms with Crippen LogP contribution in [-0.2, 0) is 16.0 Å². The number of carbonyl (C=O) groups is 1. The van der Waals surface area contributed by atoms with Crippen LogP contribution >= 0.6 is 0 Å². The molecule has 1 fully saturated rings. The van der Waals surface area contributed by atoms with E-state index in [0.29, 0.717) is 6.54 Å². The average molecular weight is 205 g/mol. The molecule has 1 aliphatic rings. The fourth-order valence-electron chi connectivity index (χ4n) is 1.75. The highest BCUT2D eigenvalue weighted by Gasteiger charge is 2.18. The molecule has 1 aliphatic heterocycles. The number of rotatable bonds is 2. The van der Waals surface area contributed by atoms with Gasteiger partial charge < -0.3 is 10.1 Å². The molecule has 0 radical (unpaired) electrons. The number of ether oxygens (including phenoxy) is 1. The van der Waals surface area contributed by atoms with Gasteiger partial charge in [0.05, 0.1) is 6.10 Å². The predicted molar refractivity (Wildman–Crippen MR) is 57.6 cm³/mol. The molecule has 0 bridgehead atoms. The van der Waals surface area contributed by atoms with Gasteiger partial charge in [-0.2, -0.15) is 0 Å². The fraction of sp³-hybridized carbons (Fsp3) is 0.417. The molecule has 2 rings (SSSR count). The zero-order valence-corrected chi connectivity index (χ0v) is 8.82. The molecular formula is C12H15NO2. The summed E-state index contributed by atoms with van der Waals surface area (Å²) in [7, 11) is 0. The number of hydrogen-bond donors (Lipinski definition) is 1. The molecule has 80 valence electrons. The van der Waals surface area contributed by atoms with Crippen LogP contribution in [0.2, 0.25) is 0 Å². The maximum Gasteiger partial charge on any atom is 0.246 e. The van der Waals surface area contributed by atoms with E-state index in [-0.39, 0.29) is 18.6 Å². The highest BCUT2D eigenvalue weighted by atomic mass is 16.5. The van der Waals surface area contributed by atoms with Gasteiger partial charge in [0.25, 0.3) is 0 Å². The van der Waals surface area contributed by atoms with Crippen molar-refractivity contribution in [2.24, 2.45) is 0 Å². The molecule has 1 saturated heterocycles. The van der Waals surface area contributed by atoms with Crippen LogP contribution in [0.25, 0.3) is 0 Å².